The van der Waals surface area contributed by atoms with Gasteiger partial charge < -0.3 is 14.8 Å². The molecule has 0 unspecified atom stereocenters. The molecule has 2 rings (SSSR count). The van der Waals surface area contributed by atoms with Gasteiger partial charge in [0.1, 0.15) is 5.56 Å². The summed E-state index contributed by atoms with van der Waals surface area (Å²) in [6.07, 6.45) is 1.56. The number of likely N-dealkylation sites (N-methyl/N-ethyl adjacent to an activating group) is 1. The number of hydrogen-bond donors (Lipinski definition) is 1. The fourth-order valence-electron chi connectivity index (χ4n) is 2.58. The van der Waals surface area contributed by atoms with E-state index in [1.165, 1.54) is 0 Å². The van der Waals surface area contributed by atoms with E-state index < -0.39 is 0 Å². The zero-order valence-electron chi connectivity index (χ0n) is 13.7. The number of benzene rings is 1. The summed E-state index contributed by atoms with van der Waals surface area (Å²) >= 11 is 5.97. The molecule has 0 aliphatic rings. The third kappa shape index (κ3) is 3.92. The molecule has 0 fully saturated rings. The summed E-state index contributed by atoms with van der Waals surface area (Å²) in [6, 6.07) is 5.04. The number of pyridine rings is 1. The van der Waals surface area contributed by atoms with Crippen molar-refractivity contribution in [3.63, 3.8) is 0 Å². The van der Waals surface area contributed by atoms with Crippen LogP contribution >= 0.6 is 11.6 Å². The van der Waals surface area contributed by atoms with Gasteiger partial charge in [0.2, 0.25) is 5.43 Å². The van der Waals surface area contributed by atoms with Gasteiger partial charge in [-0.25, -0.2) is 0 Å². The first-order chi connectivity index (χ1) is 11.0. The van der Waals surface area contributed by atoms with Crippen LogP contribution in [0.5, 0.6) is 0 Å². The van der Waals surface area contributed by atoms with Crippen molar-refractivity contribution < 1.29 is 4.79 Å². The number of aromatic nitrogens is 1. The van der Waals surface area contributed by atoms with Crippen LogP contribution < -0.4 is 10.7 Å². The van der Waals surface area contributed by atoms with Crippen LogP contribution in [0.25, 0.3) is 10.9 Å². The molecule has 0 radical (unpaired) electrons. The highest BCUT2D eigenvalue weighted by molar-refractivity contribution is 6.31. The molecule has 0 aliphatic heterocycles. The van der Waals surface area contributed by atoms with E-state index in [9.17, 15) is 9.59 Å². The number of nitrogens with one attached hydrogen (secondary N) is 1. The third-order valence-electron chi connectivity index (χ3n) is 4.00. The average molecular weight is 336 g/mol. The predicted molar refractivity (Wildman–Crippen MR) is 94.3 cm³/mol. The van der Waals surface area contributed by atoms with E-state index in [0.29, 0.717) is 22.5 Å². The van der Waals surface area contributed by atoms with Crippen molar-refractivity contribution in [1.29, 1.82) is 0 Å². The molecule has 1 aromatic carbocycles. The molecule has 0 saturated carbocycles. The number of aryl methyl sites for hydroxylation is 1. The molecule has 1 N–H and O–H groups in total. The first-order valence-corrected chi connectivity index (χ1v) is 8.15. The van der Waals surface area contributed by atoms with Crippen molar-refractivity contribution in [2.45, 2.75) is 13.8 Å². The van der Waals surface area contributed by atoms with Crippen molar-refractivity contribution >= 4 is 28.4 Å². The van der Waals surface area contributed by atoms with E-state index in [0.717, 1.165) is 19.6 Å². The zero-order chi connectivity index (χ0) is 17.0. The fraction of sp³-hybridized carbons (Fsp3) is 0.412. The molecule has 5 nitrogen and oxygen atoms in total. The second-order valence-corrected chi connectivity index (χ2v) is 5.86. The molecule has 0 spiro atoms. The minimum Gasteiger partial charge on any atom is -0.351 e. The maximum absolute atomic E-state index is 12.5. The Labute approximate surface area is 140 Å². The lowest BCUT2D eigenvalue weighted by molar-refractivity contribution is 0.0947. The smallest absolute Gasteiger partial charge is 0.256 e. The molecule has 23 heavy (non-hydrogen) atoms. The highest BCUT2D eigenvalue weighted by Crippen LogP contribution is 2.16. The lowest BCUT2D eigenvalue weighted by Gasteiger charge is -2.18. The Balaban J connectivity index is 2.23. The van der Waals surface area contributed by atoms with E-state index >= 15 is 0 Å². The van der Waals surface area contributed by atoms with Gasteiger partial charge in [-0.2, -0.15) is 0 Å². The van der Waals surface area contributed by atoms with Gasteiger partial charge in [-0.15, -0.1) is 0 Å². The Kier molecular flexibility index (Phi) is 5.80. The Morgan fingerprint density at radius 1 is 1.30 bits per heavy atom. The van der Waals surface area contributed by atoms with Crippen LogP contribution in [0, 0.1) is 0 Å². The molecule has 0 saturated heterocycles. The SMILES string of the molecule is CCN(CC)CCNC(=O)c1cn(C)c2cc(Cl)ccc2c1=O. The number of hydrogen-bond acceptors (Lipinski definition) is 3. The summed E-state index contributed by atoms with van der Waals surface area (Å²) in [5.41, 5.74) is 0.596. The Morgan fingerprint density at radius 2 is 2.00 bits per heavy atom. The monoisotopic (exact) mass is 335 g/mol. The highest BCUT2D eigenvalue weighted by atomic mass is 35.5. The largest absolute Gasteiger partial charge is 0.351 e. The lowest BCUT2D eigenvalue weighted by atomic mass is 10.1. The van der Waals surface area contributed by atoms with Crippen LogP contribution in [0.1, 0.15) is 24.2 Å². The molecule has 124 valence electrons. The van der Waals surface area contributed by atoms with Crippen molar-refractivity contribution in [2.75, 3.05) is 26.2 Å². The van der Waals surface area contributed by atoms with Gasteiger partial charge in [-0.1, -0.05) is 25.4 Å². The molecule has 0 bridgehead atoms. The van der Waals surface area contributed by atoms with Gasteiger partial charge in [0.15, 0.2) is 0 Å². The van der Waals surface area contributed by atoms with Crippen LogP contribution in [0.2, 0.25) is 5.02 Å². The first kappa shape index (κ1) is 17.5. The highest BCUT2D eigenvalue weighted by Gasteiger charge is 2.14. The molecule has 1 heterocycles. The predicted octanol–water partition coefficient (Wildman–Crippen LogP) is 2.26. The second-order valence-electron chi connectivity index (χ2n) is 5.43. The Hall–Kier alpha value is -1.85. The van der Waals surface area contributed by atoms with Crippen molar-refractivity contribution in [3.8, 4) is 0 Å². The van der Waals surface area contributed by atoms with Crippen LogP contribution in [0.4, 0.5) is 0 Å². The van der Waals surface area contributed by atoms with E-state index in [1.807, 2.05) is 0 Å². The maximum Gasteiger partial charge on any atom is 0.256 e. The molecule has 0 atom stereocenters. The zero-order valence-corrected chi connectivity index (χ0v) is 14.5. The molecular weight excluding hydrogens is 314 g/mol. The van der Waals surface area contributed by atoms with Gasteiger partial charge >= 0.3 is 0 Å². The summed E-state index contributed by atoms with van der Waals surface area (Å²) in [7, 11) is 1.80. The van der Waals surface area contributed by atoms with E-state index in [-0.39, 0.29) is 16.9 Å². The van der Waals surface area contributed by atoms with Crippen molar-refractivity contribution in [1.82, 2.24) is 14.8 Å². The summed E-state index contributed by atoms with van der Waals surface area (Å²) in [5, 5.41) is 3.88. The molecule has 6 heteroatoms. The third-order valence-corrected chi connectivity index (χ3v) is 4.24. The van der Waals surface area contributed by atoms with Crippen molar-refractivity contribution in [2.24, 2.45) is 7.05 Å². The van der Waals surface area contributed by atoms with Gasteiger partial charge in [0, 0.05) is 36.7 Å². The van der Waals surface area contributed by atoms with E-state index in [4.69, 9.17) is 11.6 Å². The summed E-state index contributed by atoms with van der Waals surface area (Å²) in [5.74, 6) is -0.338. The second kappa shape index (κ2) is 7.62. The van der Waals surface area contributed by atoms with Gasteiger partial charge in [0.25, 0.3) is 5.91 Å². The molecule has 0 aliphatic carbocycles. The lowest BCUT2D eigenvalue weighted by Crippen LogP contribution is -2.36. The van der Waals surface area contributed by atoms with Crippen LogP contribution in [0.15, 0.2) is 29.2 Å². The number of amides is 1. The minimum absolute atomic E-state index is 0.155. The average Bonchev–Trinajstić information content (AvgIpc) is 2.54. The van der Waals surface area contributed by atoms with E-state index in [1.54, 1.807) is 36.0 Å². The number of nitrogens with zero attached hydrogens (tertiary/aromatic N) is 2. The number of rotatable bonds is 6. The quantitative estimate of drug-likeness (QED) is 0.881. The number of fused-ring (bicyclic) bond motifs is 1. The van der Waals surface area contributed by atoms with Crippen LogP contribution in [-0.2, 0) is 7.05 Å². The summed E-state index contributed by atoms with van der Waals surface area (Å²) in [6.45, 7) is 7.31. The Bertz CT molecular complexity index is 766. The van der Waals surface area contributed by atoms with Gasteiger partial charge in [-0.05, 0) is 31.3 Å². The number of carbonyl (C=O) groups is 1. The summed E-state index contributed by atoms with van der Waals surface area (Å²) < 4.78 is 1.75. The number of halogens is 1. The minimum atomic E-state index is -0.338. The van der Waals surface area contributed by atoms with Gasteiger partial charge in [-0.3, -0.25) is 9.59 Å². The molecule has 1 amide bonds. The van der Waals surface area contributed by atoms with E-state index in [2.05, 4.69) is 24.1 Å². The normalized spacial score (nSPS) is 11.2. The topological polar surface area (TPSA) is 54.3 Å². The van der Waals surface area contributed by atoms with Crippen LogP contribution in [0.3, 0.4) is 0 Å². The summed E-state index contributed by atoms with van der Waals surface area (Å²) in [4.78, 5) is 27.0. The maximum atomic E-state index is 12.5. The standard InChI is InChI=1S/C17H22ClN3O2/c1-4-21(5-2)9-8-19-17(23)14-11-20(3)15-10-12(18)6-7-13(15)16(14)22/h6-7,10-11H,4-5,8-9H2,1-3H3,(H,19,23). The van der Waals surface area contributed by atoms with Crippen molar-refractivity contribution in [3.05, 3.63) is 45.2 Å². The first-order valence-electron chi connectivity index (χ1n) is 7.77. The number of carbonyl (C=O) groups excluding carboxylic acids is 1. The molecule has 1 aromatic heterocycles. The fourth-order valence-corrected chi connectivity index (χ4v) is 2.75. The Morgan fingerprint density at radius 3 is 2.65 bits per heavy atom. The van der Waals surface area contributed by atoms with Crippen LogP contribution in [-0.4, -0.2) is 41.6 Å². The van der Waals surface area contributed by atoms with Gasteiger partial charge in [0.05, 0.1) is 5.52 Å². The molecular formula is C17H22ClN3O2. The molecule has 2 aromatic rings.